The van der Waals surface area contributed by atoms with Crippen LogP contribution in [-0.2, 0) is 0 Å². The molecule has 8 aromatic carbocycles. The third-order valence-corrected chi connectivity index (χ3v) is 12.0. The summed E-state index contributed by atoms with van der Waals surface area (Å²) in [4.78, 5) is 3.83. The molecule has 0 radical (unpaired) electrons. The molecule has 0 spiro atoms. The Morgan fingerprint density at radius 1 is 0.647 bits per heavy atom. The lowest BCUT2D eigenvalue weighted by Crippen LogP contribution is -2.55. The van der Waals surface area contributed by atoms with Crippen molar-refractivity contribution in [1.29, 1.82) is 0 Å². The Kier molecular flexibility index (Phi) is 4.45. The average Bonchev–Trinajstić information content (AvgIpc) is 3.84. The van der Waals surface area contributed by atoms with Crippen molar-refractivity contribution in [2.45, 2.75) is 6.92 Å². The summed E-state index contributed by atoms with van der Waals surface area (Å²) in [5, 5.41) is 9.83. The lowest BCUT2D eigenvalue weighted by atomic mass is 9.45. The fourth-order valence-electron chi connectivity index (χ4n) is 10.1. The van der Waals surface area contributed by atoms with Gasteiger partial charge in [0.25, 0.3) is 0 Å². The third kappa shape index (κ3) is 2.90. The van der Waals surface area contributed by atoms with Crippen LogP contribution in [0.5, 0.6) is 0 Å². The van der Waals surface area contributed by atoms with Gasteiger partial charge in [0.05, 0.1) is 23.0 Å². The zero-order valence-corrected chi connectivity index (χ0v) is 27.5. The van der Waals surface area contributed by atoms with E-state index in [4.69, 9.17) is 11.0 Å². The topological polar surface area (TPSA) is 27.4 Å². The predicted molar refractivity (Wildman–Crippen MR) is 212 cm³/mol. The van der Waals surface area contributed by atoms with Crippen molar-refractivity contribution in [3.63, 3.8) is 0 Å². The standard InChI is InChI=1S/C46H24BN3O/c1-24-31(27-10-7-11-28(21-27)48-2)23-37-43-39(24)33-22-32-29-12-4-6-16-38(29)51-46(32)42-30-13-3-5-14-35(30)50(44(33)42)47(43)34-20-19-26-18-17-25-9-8-15-36-40(25)41(26)45(34)49(36)37/h3-23H,1H3. The van der Waals surface area contributed by atoms with E-state index in [0.29, 0.717) is 5.69 Å². The lowest BCUT2D eigenvalue weighted by molar-refractivity contribution is 0.673. The van der Waals surface area contributed by atoms with Gasteiger partial charge in [0.15, 0.2) is 5.69 Å². The zero-order valence-electron chi connectivity index (χ0n) is 27.5. The summed E-state index contributed by atoms with van der Waals surface area (Å²) in [5.41, 5.74) is 17.3. The van der Waals surface area contributed by atoms with Gasteiger partial charge in [-0.3, -0.25) is 0 Å². The molecule has 232 valence electrons. The molecule has 2 aliphatic rings. The van der Waals surface area contributed by atoms with E-state index in [-0.39, 0.29) is 6.85 Å². The Morgan fingerprint density at radius 2 is 1.43 bits per heavy atom. The summed E-state index contributed by atoms with van der Waals surface area (Å²) in [6.45, 7) is 10.1. The Bertz CT molecular complexity index is 3460. The Balaban J connectivity index is 1.33. The Morgan fingerprint density at radius 3 is 2.33 bits per heavy atom. The molecule has 0 aliphatic carbocycles. The fraction of sp³-hybridized carbons (Fsp3) is 0.0217. The second-order valence-electron chi connectivity index (χ2n) is 14.3. The number of nitrogens with zero attached hydrogens (tertiary/aromatic N) is 3. The number of para-hydroxylation sites is 2. The zero-order chi connectivity index (χ0) is 33.3. The molecule has 0 N–H and O–H groups in total. The monoisotopic (exact) mass is 645 g/mol. The molecule has 5 heterocycles. The summed E-state index contributed by atoms with van der Waals surface area (Å²) in [7, 11) is 0. The largest absolute Gasteiger partial charge is 0.455 e. The van der Waals surface area contributed by atoms with E-state index in [9.17, 15) is 0 Å². The van der Waals surface area contributed by atoms with Crippen LogP contribution in [0.3, 0.4) is 0 Å². The van der Waals surface area contributed by atoms with Crippen LogP contribution in [0.4, 0.5) is 5.69 Å². The number of fused-ring (bicyclic) bond motifs is 12. The Labute approximate surface area is 291 Å². The maximum Gasteiger partial charge on any atom is 0.333 e. The van der Waals surface area contributed by atoms with Gasteiger partial charge < -0.3 is 13.5 Å². The first-order valence-corrected chi connectivity index (χ1v) is 17.5. The lowest BCUT2D eigenvalue weighted by Gasteiger charge is -2.35. The van der Waals surface area contributed by atoms with Crippen LogP contribution < -0.4 is 10.9 Å². The molecule has 0 bridgehead atoms. The SMILES string of the molecule is [C-]#[N+]c1cccc(-c2cc3c4c(c2C)-c2cc5c6ccccc6oc5c5c6ccccc6n(c25)B4c2ccc4ccc5cccc6c5c4c2n6-3)c1. The second kappa shape index (κ2) is 8.68. The number of hydrogen-bond acceptors (Lipinski definition) is 1. The van der Waals surface area contributed by atoms with Crippen molar-refractivity contribution in [2.75, 3.05) is 0 Å². The molecule has 11 aromatic rings. The van der Waals surface area contributed by atoms with Crippen LogP contribution in [-0.4, -0.2) is 15.9 Å². The van der Waals surface area contributed by atoms with Crippen molar-refractivity contribution < 1.29 is 4.42 Å². The summed E-state index contributed by atoms with van der Waals surface area (Å²) < 4.78 is 12.0. The van der Waals surface area contributed by atoms with Gasteiger partial charge in [-0.1, -0.05) is 91.0 Å². The molecule has 2 aliphatic heterocycles. The number of aromatic nitrogens is 2. The maximum absolute atomic E-state index is 7.84. The molecule has 51 heavy (non-hydrogen) atoms. The first-order valence-electron chi connectivity index (χ1n) is 17.5. The van der Waals surface area contributed by atoms with E-state index in [1.807, 2.05) is 18.2 Å². The quantitative estimate of drug-likeness (QED) is 0.0992. The van der Waals surface area contributed by atoms with E-state index in [1.54, 1.807) is 0 Å². The molecular weight excluding hydrogens is 621 g/mol. The predicted octanol–water partition coefficient (Wildman–Crippen LogP) is 10.9. The van der Waals surface area contributed by atoms with E-state index in [0.717, 1.165) is 33.1 Å². The molecule has 0 atom stereocenters. The molecule has 0 unspecified atom stereocenters. The molecule has 13 rings (SSSR count). The molecule has 0 fully saturated rings. The van der Waals surface area contributed by atoms with Crippen LogP contribution in [0.15, 0.2) is 132 Å². The van der Waals surface area contributed by atoms with E-state index < -0.39 is 0 Å². The van der Waals surface area contributed by atoms with Crippen molar-refractivity contribution in [3.05, 3.63) is 144 Å². The van der Waals surface area contributed by atoms with Gasteiger partial charge >= 0.3 is 6.85 Å². The van der Waals surface area contributed by atoms with Crippen LogP contribution in [0.25, 0.3) is 109 Å². The van der Waals surface area contributed by atoms with Crippen LogP contribution >= 0.6 is 0 Å². The van der Waals surface area contributed by atoms with Crippen molar-refractivity contribution in [2.24, 2.45) is 0 Å². The summed E-state index contributed by atoms with van der Waals surface area (Å²) in [6, 6.07) is 46.2. The molecule has 4 nitrogen and oxygen atoms in total. The first kappa shape index (κ1) is 26.1. The second-order valence-corrected chi connectivity index (χ2v) is 14.3. The smallest absolute Gasteiger partial charge is 0.333 e. The molecule has 0 saturated heterocycles. The van der Waals surface area contributed by atoms with Crippen molar-refractivity contribution >= 4 is 99.8 Å². The third-order valence-electron chi connectivity index (χ3n) is 12.0. The summed E-state index contributed by atoms with van der Waals surface area (Å²) >= 11 is 0. The molecule has 3 aromatic heterocycles. The maximum atomic E-state index is 7.84. The minimum Gasteiger partial charge on any atom is -0.455 e. The van der Waals surface area contributed by atoms with Gasteiger partial charge in [-0.15, -0.1) is 0 Å². The minimum absolute atomic E-state index is 0.0470. The van der Waals surface area contributed by atoms with Gasteiger partial charge in [-0.25, -0.2) is 4.85 Å². The number of rotatable bonds is 1. The number of benzene rings is 8. The highest BCUT2D eigenvalue weighted by molar-refractivity contribution is 6.90. The highest BCUT2D eigenvalue weighted by atomic mass is 16.3. The Hall–Kier alpha value is -6.77. The highest BCUT2D eigenvalue weighted by Gasteiger charge is 2.43. The summed E-state index contributed by atoms with van der Waals surface area (Å²) in [6.07, 6.45) is 0. The first-order chi connectivity index (χ1) is 25.2. The van der Waals surface area contributed by atoms with Gasteiger partial charge in [0.1, 0.15) is 11.2 Å². The molecular formula is C46H24BN3O. The van der Waals surface area contributed by atoms with Crippen LogP contribution in [0, 0.1) is 13.5 Å². The van der Waals surface area contributed by atoms with E-state index in [2.05, 4.69) is 130 Å². The van der Waals surface area contributed by atoms with Gasteiger partial charge in [0.2, 0.25) is 0 Å². The molecule has 0 amide bonds. The van der Waals surface area contributed by atoms with Crippen molar-refractivity contribution in [1.82, 2.24) is 9.05 Å². The van der Waals surface area contributed by atoms with Gasteiger partial charge in [0, 0.05) is 49.2 Å². The van der Waals surface area contributed by atoms with E-state index >= 15 is 0 Å². The highest BCUT2D eigenvalue weighted by Crippen LogP contribution is 2.50. The minimum atomic E-state index is -0.0470. The van der Waals surface area contributed by atoms with Crippen LogP contribution in [0.1, 0.15) is 5.56 Å². The average molecular weight is 646 g/mol. The van der Waals surface area contributed by atoms with Gasteiger partial charge in [-0.05, 0) is 87.3 Å². The summed E-state index contributed by atoms with van der Waals surface area (Å²) in [5.74, 6) is 0. The van der Waals surface area contributed by atoms with Gasteiger partial charge in [-0.2, -0.15) is 0 Å². The normalized spacial score (nSPS) is 13.1. The molecule has 5 heteroatoms. The molecule has 0 saturated carbocycles. The number of furan rings is 1. The van der Waals surface area contributed by atoms with Crippen molar-refractivity contribution in [3.8, 4) is 27.9 Å². The van der Waals surface area contributed by atoms with E-state index in [1.165, 1.54) is 87.7 Å². The fourth-order valence-corrected chi connectivity index (χ4v) is 10.1. The van der Waals surface area contributed by atoms with Crippen LogP contribution in [0.2, 0.25) is 0 Å². The number of hydrogen-bond donors (Lipinski definition) is 0.